The molecule has 2 aliphatic carbocycles. The summed E-state index contributed by atoms with van der Waals surface area (Å²) in [4.78, 5) is 7.02. The first-order valence-corrected chi connectivity index (χ1v) is 8.33. The molecule has 4 heteroatoms. The molecule has 1 aromatic rings. The van der Waals surface area contributed by atoms with Gasteiger partial charge in [0.1, 0.15) is 0 Å². The standard InChI is InChI=1S/C18H25N3.HI/c1-19-17(21-11-10-18(13-21)8-5-9-18)20-16-12-15(16)14-6-3-2-4-7-14;/h2-4,6-7,15-16H,5,8-13H2,1H3,(H,19,20);1H. The molecule has 1 N–H and O–H groups in total. The summed E-state index contributed by atoms with van der Waals surface area (Å²) < 4.78 is 0. The highest BCUT2D eigenvalue weighted by atomic mass is 127. The van der Waals surface area contributed by atoms with Crippen molar-refractivity contribution >= 4 is 29.9 Å². The fourth-order valence-electron chi connectivity index (χ4n) is 4.09. The van der Waals surface area contributed by atoms with Crippen LogP contribution < -0.4 is 5.32 Å². The second kappa shape index (κ2) is 6.38. The highest BCUT2D eigenvalue weighted by Crippen LogP contribution is 2.48. The van der Waals surface area contributed by atoms with Crippen LogP contribution in [0.5, 0.6) is 0 Å². The molecule has 1 saturated heterocycles. The predicted octanol–water partition coefficient (Wildman–Crippen LogP) is 3.61. The Kier molecular flexibility index (Phi) is 4.67. The van der Waals surface area contributed by atoms with Gasteiger partial charge in [-0.25, -0.2) is 0 Å². The highest BCUT2D eigenvalue weighted by Gasteiger charge is 2.45. The van der Waals surface area contributed by atoms with Crippen molar-refractivity contribution < 1.29 is 0 Å². The fourth-order valence-corrected chi connectivity index (χ4v) is 4.09. The van der Waals surface area contributed by atoms with Crippen LogP contribution in [0.25, 0.3) is 0 Å². The van der Waals surface area contributed by atoms with Gasteiger partial charge in [0.05, 0.1) is 0 Å². The molecule has 1 spiro atoms. The highest BCUT2D eigenvalue weighted by molar-refractivity contribution is 14.0. The van der Waals surface area contributed by atoms with E-state index in [0.717, 1.165) is 5.96 Å². The zero-order valence-electron chi connectivity index (χ0n) is 13.3. The fraction of sp³-hybridized carbons (Fsp3) is 0.611. The number of hydrogen-bond acceptors (Lipinski definition) is 1. The number of benzene rings is 1. The molecule has 1 heterocycles. The quantitative estimate of drug-likeness (QED) is 0.458. The lowest BCUT2D eigenvalue weighted by Crippen LogP contribution is -2.43. The van der Waals surface area contributed by atoms with Gasteiger partial charge in [-0.05, 0) is 36.7 Å². The van der Waals surface area contributed by atoms with E-state index in [9.17, 15) is 0 Å². The third-order valence-corrected chi connectivity index (χ3v) is 5.70. The Bertz CT molecular complexity index is 539. The number of hydrogen-bond donors (Lipinski definition) is 1. The molecule has 2 atom stereocenters. The molecule has 3 nitrogen and oxygen atoms in total. The number of rotatable bonds is 2. The van der Waals surface area contributed by atoms with Crippen LogP contribution >= 0.6 is 24.0 Å². The lowest BCUT2D eigenvalue weighted by Gasteiger charge is -2.38. The van der Waals surface area contributed by atoms with Crippen LogP contribution in [0.2, 0.25) is 0 Å². The van der Waals surface area contributed by atoms with Crippen LogP contribution in [-0.2, 0) is 0 Å². The van der Waals surface area contributed by atoms with Gasteiger partial charge in [-0.3, -0.25) is 4.99 Å². The molecule has 0 amide bonds. The third-order valence-electron chi connectivity index (χ3n) is 5.70. The van der Waals surface area contributed by atoms with Crippen molar-refractivity contribution in [3.05, 3.63) is 35.9 Å². The maximum absolute atomic E-state index is 4.53. The summed E-state index contributed by atoms with van der Waals surface area (Å²) in [5, 5.41) is 3.69. The molecular weight excluding hydrogens is 385 g/mol. The Balaban J connectivity index is 0.00000144. The Morgan fingerprint density at radius 1 is 1.23 bits per heavy atom. The van der Waals surface area contributed by atoms with E-state index in [2.05, 4.69) is 45.5 Å². The average Bonchev–Trinajstić information content (AvgIpc) is 3.11. The van der Waals surface area contributed by atoms with Crippen molar-refractivity contribution in [2.24, 2.45) is 10.4 Å². The minimum atomic E-state index is 0. The number of guanidine groups is 1. The Morgan fingerprint density at radius 3 is 2.59 bits per heavy atom. The van der Waals surface area contributed by atoms with E-state index in [1.807, 2.05) is 7.05 Å². The van der Waals surface area contributed by atoms with E-state index >= 15 is 0 Å². The minimum Gasteiger partial charge on any atom is -0.353 e. The summed E-state index contributed by atoms with van der Waals surface area (Å²) in [5.41, 5.74) is 2.10. The van der Waals surface area contributed by atoms with Crippen LogP contribution in [0.4, 0.5) is 0 Å². The summed E-state index contributed by atoms with van der Waals surface area (Å²) in [6.07, 6.45) is 6.88. The SMILES string of the molecule is CN=C(NC1CC1c1ccccc1)N1CCC2(CCC2)C1.I. The van der Waals surface area contributed by atoms with Gasteiger partial charge < -0.3 is 10.2 Å². The smallest absolute Gasteiger partial charge is 0.193 e. The molecule has 4 rings (SSSR count). The van der Waals surface area contributed by atoms with Crippen LogP contribution in [0.15, 0.2) is 35.3 Å². The number of halogens is 1. The van der Waals surface area contributed by atoms with Crippen molar-refractivity contribution in [3.8, 4) is 0 Å². The second-order valence-corrected chi connectivity index (χ2v) is 7.08. The maximum Gasteiger partial charge on any atom is 0.193 e. The Morgan fingerprint density at radius 2 is 2.00 bits per heavy atom. The van der Waals surface area contributed by atoms with Gasteiger partial charge in [0.2, 0.25) is 0 Å². The summed E-state index contributed by atoms with van der Waals surface area (Å²) in [7, 11) is 1.92. The normalized spacial score (nSPS) is 29.0. The first-order valence-electron chi connectivity index (χ1n) is 8.33. The summed E-state index contributed by atoms with van der Waals surface area (Å²) >= 11 is 0. The van der Waals surface area contributed by atoms with Gasteiger partial charge in [0.25, 0.3) is 0 Å². The number of likely N-dealkylation sites (tertiary alicyclic amines) is 1. The zero-order valence-corrected chi connectivity index (χ0v) is 15.6. The first kappa shape index (κ1) is 16.1. The molecule has 1 aliphatic heterocycles. The van der Waals surface area contributed by atoms with Gasteiger partial charge in [-0.1, -0.05) is 36.8 Å². The number of aliphatic imine (C=N–C) groups is 1. The molecule has 2 saturated carbocycles. The molecule has 3 fully saturated rings. The van der Waals surface area contributed by atoms with Gasteiger partial charge in [0, 0.05) is 32.1 Å². The van der Waals surface area contributed by atoms with E-state index in [4.69, 9.17) is 0 Å². The first-order chi connectivity index (χ1) is 10.3. The van der Waals surface area contributed by atoms with E-state index in [0.29, 0.717) is 17.4 Å². The van der Waals surface area contributed by atoms with Gasteiger partial charge in [0.15, 0.2) is 5.96 Å². The second-order valence-electron chi connectivity index (χ2n) is 7.08. The van der Waals surface area contributed by atoms with E-state index < -0.39 is 0 Å². The summed E-state index contributed by atoms with van der Waals surface area (Å²) in [6.45, 7) is 2.40. The van der Waals surface area contributed by atoms with Gasteiger partial charge in [-0.15, -0.1) is 24.0 Å². The van der Waals surface area contributed by atoms with Crippen LogP contribution in [-0.4, -0.2) is 37.0 Å². The average molecular weight is 411 g/mol. The van der Waals surface area contributed by atoms with Crippen molar-refractivity contribution in [2.45, 2.75) is 44.1 Å². The van der Waals surface area contributed by atoms with Gasteiger partial charge >= 0.3 is 0 Å². The predicted molar refractivity (Wildman–Crippen MR) is 102 cm³/mol. The van der Waals surface area contributed by atoms with Crippen molar-refractivity contribution in [1.82, 2.24) is 10.2 Å². The van der Waals surface area contributed by atoms with Crippen molar-refractivity contribution in [1.29, 1.82) is 0 Å². The molecule has 0 radical (unpaired) electrons. The minimum absolute atomic E-state index is 0. The van der Waals surface area contributed by atoms with E-state index in [1.165, 1.54) is 50.8 Å². The topological polar surface area (TPSA) is 27.6 Å². The number of nitrogens with zero attached hydrogens (tertiary/aromatic N) is 2. The molecule has 2 unspecified atom stereocenters. The van der Waals surface area contributed by atoms with E-state index in [1.54, 1.807) is 0 Å². The maximum atomic E-state index is 4.53. The molecule has 22 heavy (non-hydrogen) atoms. The molecule has 120 valence electrons. The molecule has 0 aromatic heterocycles. The third kappa shape index (κ3) is 2.99. The van der Waals surface area contributed by atoms with E-state index in [-0.39, 0.29) is 24.0 Å². The summed E-state index contributed by atoms with van der Waals surface area (Å²) in [5.74, 6) is 1.80. The monoisotopic (exact) mass is 411 g/mol. The summed E-state index contributed by atoms with van der Waals surface area (Å²) in [6, 6.07) is 11.4. The van der Waals surface area contributed by atoms with Gasteiger partial charge in [-0.2, -0.15) is 0 Å². The lowest BCUT2D eigenvalue weighted by molar-refractivity contribution is 0.151. The molecular formula is C18H26IN3. The van der Waals surface area contributed by atoms with Crippen molar-refractivity contribution in [2.75, 3.05) is 20.1 Å². The van der Waals surface area contributed by atoms with Crippen LogP contribution in [0.3, 0.4) is 0 Å². The molecule has 0 bridgehead atoms. The molecule has 1 aromatic carbocycles. The number of nitrogens with one attached hydrogen (secondary N) is 1. The molecule has 3 aliphatic rings. The van der Waals surface area contributed by atoms with Crippen LogP contribution in [0.1, 0.15) is 43.6 Å². The largest absolute Gasteiger partial charge is 0.353 e. The van der Waals surface area contributed by atoms with Crippen molar-refractivity contribution in [3.63, 3.8) is 0 Å². The Hall–Kier alpha value is -0.780. The lowest BCUT2D eigenvalue weighted by atomic mass is 9.68. The zero-order chi connectivity index (χ0) is 14.3. The van der Waals surface area contributed by atoms with Crippen LogP contribution in [0, 0.1) is 5.41 Å². The Labute approximate surface area is 150 Å².